The Labute approximate surface area is 152 Å². The van der Waals surface area contributed by atoms with E-state index in [1.807, 2.05) is 0 Å². The SMILES string of the molecule is CCCCc1n[n+](CC)c(CCCC)n1NCC.CCOS(=O)(=O)[O-]. The smallest absolute Gasteiger partial charge is 0.302 e. The van der Waals surface area contributed by atoms with Crippen molar-refractivity contribution in [1.29, 1.82) is 0 Å². The fourth-order valence-electron chi connectivity index (χ4n) is 2.32. The molecule has 1 heterocycles. The highest BCUT2D eigenvalue weighted by Gasteiger charge is 2.23. The lowest BCUT2D eigenvalue weighted by Crippen LogP contribution is -2.40. The van der Waals surface area contributed by atoms with Gasteiger partial charge < -0.3 is 4.55 Å². The van der Waals surface area contributed by atoms with Crippen molar-refractivity contribution >= 4 is 10.4 Å². The monoisotopic (exact) mass is 378 g/mol. The van der Waals surface area contributed by atoms with E-state index in [2.05, 4.69) is 46.7 Å². The molecule has 0 aliphatic heterocycles. The molecule has 1 N–H and O–H groups in total. The van der Waals surface area contributed by atoms with Gasteiger partial charge in [-0.15, -0.1) is 9.36 Å². The Balaban J connectivity index is 0.000000697. The van der Waals surface area contributed by atoms with Crippen molar-refractivity contribution in [3.05, 3.63) is 11.6 Å². The molecular weight excluding hydrogens is 344 g/mol. The highest BCUT2D eigenvalue weighted by atomic mass is 32.3. The van der Waals surface area contributed by atoms with Crippen LogP contribution in [0.25, 0.3) is 0 Å². The van der Waals surface area contributed by atoms with Crippen LogP contribution in [0, 0.1) is 0 Å². The van der Waals surface area contributed by atoms with Gasteiger partial charge in [-0.2, -0.15) is 0 Å². The van der Waals surface area contributed by atoms with Gasteiger partial charge in [-0.25, -0.2) is 8.42 Å². The van der Waals surface area contributed by atoms with Gasteiger partial charge in [-0.05, 0) is 38.7 Å². The molecule has 25 heavy (non-hydrogen) atoms. The average molecular weight is 379 g/mol. The Morgan fingerprint density at radius 3 is 2.12 bits per heavy atom. The minimum Gasteiger partial charge on any atom is -0.726 e. The maximum Gasteiger partial charge on any atom is 0.302 e. The molecule has 0 amide bonds. The van der Waals surface area contributed by atoms with Crippen molar-refractivity contribution in [1.82, 2.24) is 9.77 Å². The summed E-state index contributed by atoms with van der Waals surface area (Å²) in [5, 5.41) is 4.75. The second-order valence-corrected chi connectivity index (χ2v) is 6.57. The molecule has 0 aromatic carbocycles. The zero-order chi connectivity index (χ0) is 19.3. The Morgan fingerprint density at radius 1 is 1.12 bits per heavy atom. The molecule has 0 saturated heterocycles. The third kappa shape index (κ3) is 9.76. The first-order valence-electron chi connectivity index (χ1n) is 9.19. The van der Waals surface area contributed by atoms with Crippen molar-refractivity contribution in [2.75, 3.05) is 18.6 Å². The third-order valence-electron chi connectivity index (χ3n) is 3.44. The number of aryl methyl sites for hydroxylation is 2. The Morgan fingerprint density at radius 2 is 1.72 bits per heavy atom. The highest BCUT2D eigenvalue weighted by molar-refractivity contribution is 7.80. The van der Waals surface area contributed by atoms with Crippen LogP contribution in [0.4, 0.5) is 0 Å². The predicted octanol–water partition coefficient (Wildman–Crippen LogP) is 1.92. The van der Waals surface area contributed by atoms with Gasteiger partial charge in [0.2, 0.25) is 10.4 Å². The molecule has 0 saturated carbocycles. The van der Waals surface area contributed by atoms with Crippen LogP contribution < -0.4 is 10.1 Å². The van der Waals surface area contributed by atoms with E-state index in [9.17, 15) is 13.0 Å². The molecule has 0 spiro atoms. The van der Waals surface area contributed by atoms with Crippen LogP contribution in [0.15, 0.2) is 0 Å². The maximum absolute atomic E-state index is 9.45. The Kier molecular flexibility index (Phi) is 12.5. The molecule has 1 rings (SSSR count). The number of unbranched alkanes of at least 4 members (excludes halogenated alkanes) is 2. The summed E-state index contributed by atoms with van der Waals surface area (Å²) in [6, 6.07) is 0. The molecular formula is C16H34N4O4S. The van der Waals surface area contributed by atoms with E-state index in [0.717, 1.165) is 25.9 Å². The zero-order valence-electron chi connectivity index (χ0n) is 16.2. The van der Waals surface area contributed by atoms with Crippen LogP contribution in [0.2, 0.25) is 0 Å². The first-order chi connectivity index (χ1) is 11.8. The van der Waals surface area contributed by atoms with Crippen LogP contribution in [-0.2, 0) is 34.0 Å². The minimum absolute atomic E-state index is 0.0914. The van der Waals surface area contributed by atoms with E-state index in [4.69, 9.17) is 5.10 Å². The van der Waals surface area contributed by atoms with Gasteiger partial charge in [0, 0.05) is 13.0 Å². The fourth-order valence-corrected chi connectivity index (χ4v) is 2.61. The first kappa shape index (κ1) is 23.8. The number of nitrogens with one attached hydrogen (secondary N) is 1. The normalized spacial score (nSPS) is 11.1. The zero-order valence-corrected chi connectivity index (χ0v) is 17.1. The molecule has 1 aromatic rings. The molecule has 1 aromatic heterocycles. The van der Waals surface area contributed by atoms with Crippen molar-refractivity contribution < 1.29 is 21.8 Å². The van der Waals surface area contributed by atoms with Crippen LogP contribution in [0.1, 0.15) is 72.0 Å². The van der Waals surface area contributed by atoms with Crippen molar-refractivity contribution in [3.8, 4) is 0 Å². The molecule has 8 nitrogen and oxygen atoms in total. The number of nitrogens with zero attached hydrogens (tertiary/aromatic N) is 3. The average Bonchev–Trinajstić information content (AvgIpc) is 2.87. The van der Waals surface area contributed by atoms with Crippen LogP contribution in [-0.4, -0.2) is 35.9 Å². The summed E-state index contributed by atoms with van der Waals surface area (Å²) in [6.45, 7) is 12.0. The van der Waals surface area contributed by atoms with Gasteiger partial charge in [0.05, 0.1) is 13.0 Å². The van der Waals surface area contributed by atoms with E-state index in [-0.39, 0.29) is 6.61 Å². The summed E-state index contributed by atoms with van der Waals surface area (Å²) < 4.78 is 36.4. The van der Waals surface area contributed by atoms with Gasteiger partial charge in [0.15, 0.2) is 0 Å². The van der Waals surface area contributed by atoms with E-state index in [1.165, 1.54) is 44.3 Å². The number of hydrogen-bond donors (Lipinski definition) is 1. The molecule has 9 heteroatoms. The second-order valence-electron chi connectivity index (χ2n) is 5.52. The summed E-state index contributed by atoms with van der Waals surface area (Å²) in [4.78, 5) is 0. The van der Waals surface area contributed by atoms with Crippen molar-refractivity contribution in [2.24, 2.45) is 0 Å². The minimum atomic E-state index is -4.42. The molecule has 0 atom stereocenters. The van der Waals surface area contributed by atoms with Gasteiger partial charge in [0.25, 0.3) is 5.82 Å². The van der Waals surface area contributed by atoms with Crippen molar-refractivity contribution in [2.45, 2.75) is 79.7 Å². The molecule has 0 unspecified atom stereocenters. The van der Waals surface area contributed by atoms with Gasteiger partial charge in [-0.3, -0.25) is 9.61 Å². The van der Waals surface area contributed by atoms with Crippen LogP contribution in [0.3, 0.4) is 0 Å². The lowest BCUT2D eigenvalue weighted by molar-refractivity contribution is -0.755. The summed E-state index contributed by atoms with van der Waals surface area (Å²) in [5.74, 6) is 2.51. The highest BCUT2D eigenvalue weighted by Crippen LogP contribution is 2.06. The maximum atomic E-state index is 9.45. The van der Waals surface area contributed by atoms with E-state index < -0.39 is 10.4 Å². The number of rotatable bonds is 11. The number of aromatic nitrogens is 3. The molecule has 0 bridgehead atoms. The Hall–Kier alpha value is -1.19. The second kappa shape index (κ2) is 13.1. The van der Waals surface area contributed by atoms with Crippen LogP contribution in [0.5, 0.6) is 0 Å². The summed E-state index contributed by atoms with van der Waals surface area (Å²) in [6.07, 6.45) is 7.05. The lowest BCUT2D eigenvalue weighted by Gasteiger charge is -2.04. The van der Waals surface area contributed by atoms with Crippen molar-refractivity contribution in [3.63, 3.8) is 0 Å². The molecule has 0 aliphatic carbocycles. The molecule has 0 aliphatic rings. The largest absolute Gasteiger partial charge is 0.726 e. The quantitative estimate of drug-likeness (QED) is 0.359. The number of hydrogen-bond acceptors (Lipinski definition) is 6. The molecule has 0 radical (unpaired) electrons. The summed E-state index contributed by atoms with van der Waals surface area (Å²) >= 11 is 0. The van der Waals surface area contributed by atoms with Gasteiger partial charge >= 0.3 is 5.82 Å². The molecule has 148 valence electrons. The van der Waals surface area contributed by atoms with E-state index in [1.54, 1.807) is 0 Å². The van der Waals surface area contributed by atoms with E-state index in [0.29, 0.717) is 0 Å². The fraction of sp³-hybridized carbons (Fsp3) is 0.875. The standard InChI is InChI=1S/C14H29N4.C2H6O4S/c1-5-9-11-13-16-17(8-4)14(12-10-6-2)18(13)15-7-3;1-2-6-7(3,4)5/h15H,5-12H2,1-4H3;2H2,1H3,(H,3,4,5)/q+1;/p-1. The topological polar surface area (TPSA) is 100 Å². The van der Waals surface area contributed by atoms with Crippen LogP contribution >= 0.6 is 0 Å². The summed E-state index contributed by atoms with van der Waals surface area (Å²) in [5.41, 5.74) is 3.45. The molecule has 0 fully saturated rings. The Bertz CT molecular complexity index is 573. The predicted molar refractivity (Wildman–Crippen MR) is 96.5 cm³/mol. The first-order valence-corrected chi connectivity index (χ1v) is 10.5. The van der Waals surface area contributed by atoms with Gasteiger partial charge in [-0.1, -0.05) is 26.7 Å². The van der Waals surface area contributed by atoms with E-state index >= 15 is 0 Å². The summed E-state index contributed by atoms with van der Waals surface area (Å²) in [7, 11) is -4.42. The lowest BCUT2D eigenvalue weighted by atomic mass is 10.2. The van der Waals surface area contributed by atoms with Gasteiger partial charge in [0.1, 0.15) is 6.54 Å². The third-order valence-corrected chi connectivity index (χ3v) is 3.96.